The van der Waals surface area contributed by atoms with Crippen LogP contribution >= 0.6 is 31.9 Å². The first kappa shape index (κ1) is 15.4. The first-order valence-electron chi connectivity index (χ1n) is 5.81. The first-order chi connectivity index (χ1) is 9.56. The highest BCUT2D eigenvalue weighted by Crippen LogP contribution is 2.35. The minimum Gasteiger partial charge on any atom is -0.496 e. The maximum absolute atomic E-state index is 13.5. The molecule has 1 unspecified atom stereocenters. The van der Waals surface area contributed by atoms with Crippen LogP contribution in [0.4, 0.5) is 4.39 Å². The molecule has 0 spiro atoms. The summed E-state index contributed by atoms with van der Waals surface area (Å²) < 4.78 is 20.6. The van der Waals surface area contributed by atoms with Crippen LogP contribution in [0, 0.1) is 5.82 Å². The molecular formula is C14H13Br2FN2O. The van der Waals surface area contributed by atoms with Gasteiger partial charge in [0.05, 0.1) is 13.2 Å². The van der Waals surface area contributed by atoms with E-state index in [0.717, 1.165) is 14.5 Å². The maximum Gasteiger partial charge on any atom is 0.124 e. The molecule has 0 fully saturated rings. The second-order valence-corrected chi connectivity index (χ2v) is 5.92. The lowest BCUT2D eigenvalue weighted by molar-refractivity contribution is 0.402. The fourth-order valence-electron chi connectivity index (χ4n) is 2.01. The number of nitrogens with two attached hydrogens (primary N) is 1. The molecule has 0 bridgehead atoms. The van der Waals surface area contributed by atoms with Crippen molar-refractivity contribution < 1.29 is 9.13 Å². The molecule has 20 heavy (non-hydrogen) atoms. The van der Waals surface area contributed by atoms with Gasteiger partial charge in [-0.05, 0) is 42.0 Å². The van der Waals surface area contributed by atoms with Crippen molar-refractivity contribution in [3.63, 3.8) is 0 Å². The van der Waals surface area contributed by atoms with E-state index < -0.39 is 6.04 Å². The Balaban J connectivity index is 2.57. The molecule has 2 aromatic carbocycles. The van der Waals surface area contributed by atoms with Crippen LogP contribution in [0.1, 0.15) is 17.2 Å². The third kappa shape index (κ3) is 3.20. The lowest BCUT2D eigenvalue weighted by Crippen LogP contribution is -2.29. The summed E-state index contributed by atoms with van der Waals surface area (Å²) in [6, 6.07) is 9.68. The summed E-state index contributed by atoms with van der Waals surface area (Å²) in [5.41, 5.74) is 4.22. The first-order valence-corrected chi connectivity index (χ1v) is 7.40. The van der Waals surface area contributed by atoms with Gasteiger partial charge in [0.2, 0.25) is 0 Å². The zero-order valence-corrected chi connectivity index (χ0v) is 13.8. The van der Waals surface area contributed by atoms with E-state index in [9.17, 15) is 4.39 Å². The minimum absolute atomic E-state index is 0.341. The quantitative estimate of drug-likeness (QED) is 0.600. The molecule has 1 atom stereocenters. The van der Waals surface area contributed by atoms with Crippen LogP contribution < -0.4 is 16.0 Å². The fourth-order valence-corrected chi connectivity index (χ4v) is 2.87. The van der Waals surface area contributed by atoms with Crippen LogP contribution in [0.15, 0.2) is 45.3 Å². The van der Waals surface area contributed by atoms with Gasteiger partial charge >= 0.3 is 0 Å². The van der Waals surface area contributed by atoms with Crippen LogP contribution in [0.5, 0.6) is 5.75 Å². The van der Waals surface area contributed by atoms with Crippen LogP contribution in [0.2, 0.25) is 0 Å². The van der Waals surface area contributed by atoms with E-state index in [1.54, 1.807) is 13.2 Å². The Morgan fingerprint density at radius 2 is 1.90 bits per heavy atom. The van der Waals surface area contributed by atoms with Crippen LogP contribution in [-0.4, -0.2) is 7.11 Å². The van der Waals surface area contributed by atoms with E-state index in [0.29, 0.717) is 11.3 Å². The average molecular weight is 404 g/mol. The molecular weight excluding hydrogens is 391 g/mol. The van der Waals surface area contributed by atoms with Gasteiger partial charge in [-0.25, -0.2) is 9.82 Å². The molecule has 3 N–H and O–H groups in total. The van der Waals surface area contributed by atoms with E-state index >= 15 is 0 Å². The van der Waals surface area contributed by atoms with Crippen molar-refractivity contribution in [1.82, 2.24) is 5.43 Å². The van der Waals surface area contributed by atoms with Crippen molar-refractivity contribution in [2.45, 2.75) is 6.04 Å². The molecule has 2 rings (SSSR count). The van der Waals surface area contributed by atoms with Crippen molar-refractivity contribution in [3.05, 3.63) is 62.3 Å². The molecule has 0 saturated carbocycles. The lowest BCUT2D eigenvalue weighted by atomic mass is 9.98. The summed E-state index contributed by atoms with van der Waals surface area (Å²) in [6.45, 7) is 0. The standard InChI is InChI=1S/C14H13Br2FN2O/c1-20-13-5-3-9(17)7-11(13)14(19-18)10-6-8(15)2-4-12(10)16/h2-7,14,19H,18H2,1H3. The van der Waals surface area contributed by atoms with E-state index in [1.807, 2.05) is 18.2 Å². The third-order valence-corrected chi connectivity index (χ3v) is 4.15. The summed E-state index contributed by atoms with van der Waals surface area (Å²) in [4.78, 5) is 0. The van der Waals surface area contributed by atoms with Gasteiger partial charge in [0.25, 0.3) is 0 Å². The zero-order valence-electron chi connectivity index (χ0n) is 10.7. The van der Waals surface area contributed by atoms with Crippen molar-refractivity contribution in [1.29, 1.82) is 0 Å². The molecule has 0 amide bonds. The number of hydrogen-bond acceptors (Lipinski definition) is 3. The average Bonchev–Trinajstić information content (AvgIpc) is 2.44. The summed E-state index contributed by atoms with van der Waals surface area (Å²) in [5, 5.41) is 0. The van der Waals surface area contributed by atoms with Gasteiger partial charge in [0.1, 0.15) is 11.6 Å². The molecule has 0 radical (unpaired) electrons. The predicted molar refractivity (Wildman–Crippen MR) is 84.0 cm³/mol. The van der Waals surface area contributed by atoms with Crippen LogP contribution in [-0.2, 0) is 0 Å². The molecule has 0 aliphatic rings. The van der Waals surface area contributed by atoms with Crippen molar-refractivity contribution in [2.75, 3.05) is 7.11 Å². The highest BCUT2D eigenvalue weighted by Gasteiger charge is 2.20. The number of halogens is 3. The summed E-state index contributed by atoms with van der Waals surface area (Å²) in [7, 11) is 1.54. The topological polar surface area (TPSA) is 47.3 Å². The Morgan fingerprint density at radius 1 is 1.15 bits per heavy atom. The molecule has 3 nitrogen and oxygen atoms in total. The van der Waals surface area contributed by atoms with Gasteiger partial charge in [-0.1, -0.05) is 31.9 Å². The minimum atomic E-state index is -0.396. The SMILES string of the molecule is COc1ccc(F)cc1C(NN)c1cc(Br)ccc1Br. The number of methoxy groups -OCH3 is 1. The molecule has 0 saturated heterocycles. The van der Waals surface area contributed by atoms with E-state index in [2.05, 4.69) is 37.3 Å². The zero-order chi connectivity index (χ0) is 14.7. The molecule has 106 valence electrons. The molecule has 2 aromatic rings. The van der Waals surface area contributed by atoms with Gasteiger partial charge in [-0.15, -0.1) is 0 Å². The highest BCUT2D eigenvalue weighted by atomic mass is 79.9. The Morgan fingerprint density at radius 3 is 2.55 bits per heavy atom. The van der Waals surface area contributed by atoms with E-state index in [4.69, 9.17) is 10.6 Å². The summed E-state index contributed by atoms with van der Waals surface area (Å²) in [6.07, 6.45) is 0. The van der Waals surface area contributed by atoms with Gasteiger partial charge < -0.3 is 4.74 Å². The largest absolute Gasteiger partial charge is 0.496 e. The molecule has 0 aliphatic heterocycles. The summed E-state index contributed by atoms with van der Waals surface area (Å²) in [5.74, 6) is 5.90. The third-order valence-electron chi connectivity index (χ3n) is 2.94. The van der Waals surface area contributed by atoms with Crippen molar-refractivity contribution >= 4 is 31.9 Å². The van der Waals surface area contributed by atoms with Gasteiger partial charge in [-0.2, -0.15) is 0 Å². The molecule has 6 heteroatoms. The molecule has 0 heterocycles. The smallest absolute Gasteiger partial charge is 0.124 e. The van der Waals surface area contributed by atoms with E-state index in [1.165, 1.54) is 12.1 Å². The van der Waals surface area contributed by atoms with Gasteiger partial charge in [0.15, 0.2) is 0 Å². The fraction of sp³-hybridized carbons (Fsp3) is 0.143. The van der Waals surface area contributed by atoms with Crippen LogP contribution in [0.3, 0.4) is 0 Å². The van der Waals surface area contributed by atoms with Gasteiger partial charge in [0, 0.05) is 14.5 Å². The lowest BCUT2D eigenvalue weighted by Gasteiger charge is -2.21. The monoisotopic (exact) mass is 402 g/mol. The summed E-state index contributed by atoms with van der Waals surface area (Å²) >= 11 is 6.90. The number of hydrogen-bond donors (Lipinski definition) is 2. The number of nitrogens with one attached hydrogen (secondary N) is 1. The van der Waals surface area contributed by atoms with Crippen LogP contribution in [0.25, 0.3) is 0 Å². The second kappa shape index (κ2) is 6.67. The van der Waals surface area contributed by atoms with Gasteiger partial charge in [-0.3, -0.25) is 5.84 Å². The maximum atomic E-state index is 13.5. The Hall–Kier alpha value is -0.950. The second-order valence-electron chi connectivity index (χ2n) is 4.15. The van der Waals surface area contributed by atoms with Crippen molar-refractivity contribution in [2.24, 2.45) is 5.84 Å². The predicted octanol–water partition coefficient (Wildman–Crippen LogP) is 3.91. The number of ether oxygens (including phenoxy) is 1. The van der Waals surface area contributed by atoms with Crippen molar-refractivity contribution in [3.8, 4) is 5.75 Å². The Labute approximate surface area is 133 Å². The normalized spacial score (nSPS) is 12.2. The Bertz CT molecular complexity index is 622. The molecule has 0 aliphatic carbocycles. The number of rotatable bonds is 4. The molecule has 0 aromatic heterocycles. The Kier molecular flexibility index (Phi) is 5.15. The number of benzene rings is 2. The highest BCUT2D eigenvalue weighted by molar-refractivity contribution is 9.11. The number of hydrazine groups is 1. The van der Waals surface area contributed by atoms with E-state index in [-0.39, 0.29) is 5.82 Å².